The van der Waals surface area contributed by atoms with Crippen molar-refractivity contribution in [3.05, 3.63) is 70.9 Å². The summed E-state index contributed by atoms with van der Waals surface area (Å²) in [5, 5.41) is 6.87. The summed E-state index contributed by atoms with van der Waals surface area (Å²) in [5.41, 5.74) is 4.48. The molecule has 3 aromatic rings. The highest BCUT2D eigenvalue weighted by atomic mass is 16.5. The Balaban J connectivity index is 1.50. The maximum Gasteiger partial charge on any atom is 0.255 e. The zero-order chi connectivity index (χ0) is 25.4. The lowest BCUT2D eigenvalue weighted by atomic mass is 9.89. The van der Waals surface area contributed by atoms with Crippen molar-refractivity contribution in [3.8, 4) is 0 Å². The van der Waals surface area contributed by atoms with Crippen LogP contribution in [0.4, 0.5) is 0 Å². The lowest BCUT2D eigenvalue weighted by molar-refractivity contribution is -0.132. The molecule has 5 rings (SSSR count). The van der Waals surface area contributed by atoms with Crippen molar-refractivity contribution >= 4 is 28.6 Å². The van der Waals surface area contributed by atoms with Crippen molar-refractivity contribution < 1.29 is 19.1 Å². The van der Waals surface area contributed by atoms with Gasteiger partial charge in [0, 0.05) is 42.2 Å². The molecule has 3 amide bonds. The van der Waals surface area contributed by atoms with Gasteiger partial charge in [-0.15, -0.1) is 0 Å². The molecule has 2 aromatic carbocycles. The predicted molar refractivity (Wildman–Crippen MR) is 137 cm³/mol. The van der Waals surface area contributed by atoms with Gasteiger partial charge in [-0.3, -0.25) is 14.4 Å². The molecule has 8 heteroatoms. The summed E-state index contributed by atoms with van der Waals surface area (Å²) in [6, 6.07) is 13.7. The summed E-state index contributed by atoms with van der Waals surface area (Å²) in [6.07, 6.45) is 0.869. The molecule has 3 unspecified atom stereocenters. The van der Waals surface area contributed by atoms with E-state index in [0.29, 0.717) is 31.6 Å². The van der Waals surface area contributed by atoms with Crippen LogP contribution in [0.5, 0.6) is 0 Å². The van der Waals surface area contributed by atoms with Crippen molar-refractivity contribution in [2.45, 2.75) is 44.8 Å². The average Bonchev–Trinajstić information content (AvgIpc) is 3.38. The second-order valence-corrected chi connectivity index (χ2v) is 9.96. The van der Waals surface area contributed by atoms with E-state index in [2.05, 4.69) is 15.6 Å². The summed E-state index contributed by atoms with van der Waals surface area (Å²) in [5.74, 6) is -0.527. The van der Waals surface area contributed by atoms with Gasteiger partial charge in [-0.05, 0) is 35.6 Å². The smallest absolute Gasteiger partial charge is 0.255 e. The number of rotatable bonds is 8. The van der Waals surface area contributed by atoms with E-state index in [-0.39, 0.29) is 29.7 Å². The molecule has 36 heavy (non-hydrogen) atoms. The van der Waals surface area contributed by atoms with Crippen LogP contribution in [-0.2, 0) is 20.7 Å². The third-order valence-corrected chi connectivity index (χ3v) is 7.10. The van der Waals surface area contributed by atoms with Crippen LogP contribution in [0.1, 0.15) is 53.5 Å². The number of aromatic nitrogens is 1. The number of carbonyl (C=O) groups excluding carboxylic acids is 3. The minimum atomic E-state index is -0.733. The number of carbonyl (C=O) groups is 3. The van der Waals surface area contributed by atoms with E-state index in [4.69, 9.17) is 4.74 Å². The lowest BCUT2D eigenvalue weighted by Gasteiger charge is -2.37. The van der Waals surface area contributed by atoms with E-state index in [9.17, 15) is 14.4 Å². The fourth-order valence-corrected chi connectivity index (χ4v) is 5.51. The predicted octanol–water partition coefficient (Wildman–Crippen LogP) is 2.93. The Bertz CT molecular complexity index is 1310. The molecule has 2 aliphatic rings. The van der Waals surface area contributed by atoms with Crippen LogP contribution in [0.25, 0.3) is 10.9 Å². The quantitative estimate of drug-likeness (QED) is 0.424. The number of para-hydroxylation sites is 1. The Morgan fingerprint density at radius 1 is 1.14 bits per heavy atom. The molecule has 0 radical (unpaired) electrons. The number of aromatic amines is 1. The van der Waals surface area contributed by atoms with Crippen molar-refractivity contribution in [3.63, 3.8) is 0 Å². The van der Waals surface area contributed by atoms with Gasteiger partial charge in [0.05, 0.1) is 12.6 Å². The topological polar surface area (TPSA) is 104 Å². The molecule has 0 aliphatic carbocycles. The summed E-state index contributed by atoms with van der Waals surface area (Å²) in [4.78, 5) is 45.5. The van der Waals surface area contributed by atoms with E-state index >= 15 is 0 Å². The van der Waals surface area contributed by atoms with Crippen molar-refractivity contribution in [1.82, 2.24) is 20.5 Å². The minimum absolute atomic E-state index is 0.162. The van der Waals surface area contributed by atoms with Crippen molar-refractivity contribution in [2.24, 2.45) is 5.92 Å². The van der Waals surface area contributed by atoms with E-state index in [1.165, 1.54) is 0 Å². The van der Waals surface area contributed by atoms with Crippen LogP contribution < -0.4 is 10.6 Å². The Hall–Kier alpha value is -3.65. The molecule has 0 spiro atoms. The molecular formula is C28H32N4O4. The number of amides is 3. The largest absolute Gasteiger partial charge is 0.383 e. The van der Waals surface area contributed by atoms with E-state index in [1.54, 1.807) is 12.0 Å². The Morgan fingerprint density at radius 2 is 1.89 bits per heavy atom. The summed E-state index contributed by atoms with van der Waals surface area (Å²) in [6.45, 7) is 4.78. The van der Waals surface area contributed by atoms with Crippen LogP contribution in [-0.4, -0.2) is 60.0 Å². The van der Waals surface area contributed by atoms with Gasteiger partial charge in [-0.25, -0.2) is 0 Å². The lowest BCUT2D eigenvalue weighted by Crippen LogP contribution is -2.57. The number of nitrogens with one attached hydrogen (secondary N) is 3. The number of methoxy groups -OCH3 is 1. The Morgan fingerprint density at radius 3 is 2.67 bits per heavy atom. The minimum Gasteiger partial charge on any atom is -0.383 e. The van der Waals surface area contributed by atoms with Gasteiger partial charge in [0.2, 0.25) is 11.8 Å². The highest BCUT2D eigenvalue weighted by Gasteiger charge is 2.49. The van der Waals surface area contributed by atoms with Crippen LogP contribution in [0.15, 0.2) is 48.5 Å². The molecule has 2 aliphatic heterocycles. The van der Waals surface area contributed by atoms with Crippen LogP contribution >= 0.6 is 0 Å². The Labute approximate surface area is 210 Å². The normalized spacial score (nSPS) is 19.1. The first-order valence-electron chi connectivity index (χ1n) is 12.5. The number of ether oxygens (including phenoxy) is 1. The molecule has 3 heterocycles. The first kappa shape index (κ1) is 24.1. The second kappa shape index (κ2) is 9.78. The second-order valence-electron chi connectivity index (χ2n) is 9.96. The van der Waals surface area contributed by atoms with E-state index < -0.39 is 12.1 Å². The average molecular weight is 489 g/mol. The maximum absolute atomic E-state index is 13.8. The van der Waals surface area contributed by atoms with Crippen LogP contribution in [0.2, 0.25) is 0 Å². The fourth-order valence-electron chi connectivity index (χ4n) is 5.51. The van der Waals surface area contributed by atoms with Gasteiger partial charge in [-0.1, -0.05) is 50.2 Å². The number of hydrogen-bond acceptors (Lipinski definition) is 4. The van der Waals surface area contributed by atoms with Crippen LogP contribution in [0.3, 0.4) is 0 Å². The molecule has 1 aromatic heterocycles. The molecular weight excluding hydrogens is 456 g/mol. The Kier molecular flexibility index (Phi) is 6.53. The van der Waals surface area contributed by atoms with Gasteiger partial charge in [0.25, 0.3) is 5.91 Å². The highest BCUT2D eigenvalue weighted by molar-refractivity contribution is 6.04. The maximum atomic E-state index is 13.8. The zero-order valence-electron chi connectivity index (χ0n) is 20.8. The fraction of sp³-hybridized carbons (Fsp3) is 0.393. The number of benzene rings is 2. The van der Waals surface area contributed by atoms with Gasteiger partial charge < -0.3 is 25.3 Å². The highest BCUT2D eigenvalue weighted by Crippen LogP contribution is 2.46. The first-order chi connectivity index (χ1) is 17.4. The zero-order valence-corrected chi connectivity index (χ0v) is 20.8. The summed E-state index contributed by atoms with van der Waals surface area (Å²) in [7, 11) is 1.57. The number of fused-ring (bicyclic) bond motifs is 7. The van der Waals surface area contributed by atoms with Gasteiger partial charge in [0.1, 0.15) is 12.1 Å². The molecule has 0 saturated carbocycles. The number of hydrogen-bond donors (Lipinski definition) is 3. The van der Waals surface area contributed by atoms with Gasteiger partial charge >= 0.3 is 0 Å². The number of H-pyrrole nitrogens is 1. The molecule has 0 fully saturated rings. The summed E-state index contributed by atoms with van der Waals surface area (Å²) < 4.78 is 5.03. The molecule has 3 atom stereocenters. The van der Waals surface area contributed by atoms with E-state index in [0.717, 1.165) is 27.7 Å². The summed E-state index contributed by atoms with van der Waals surface area (Å²) >= 11 is 0. The van der Waals surface area contributed by atoms with Crippen molar-refractivity contribution in [2.75, 3.05) is 20.3 Å². The molecule has 8 nitrogen and oxygen atoms in total. The standard InChI is InChI=1S/C28H32N4O4/c1-16(2)14-22(26(33)29-12-13-36-3)31-27(34)23-15-20-17-8-6-7-11-21(17)30-24(20)25-18-9-4-5-10-19(18)28(35)32(23)25/h4-11,16,22-23,25,30H,12-15H2,1-3H3,(H,29,33)(H,31,34). The van der Waals surface area contributed by atoms with Gasteiger partial charge in [0.15, 0.2) is 0 Å². The first-order valence-corrected chi connectivity index (χ1v) is 12.5. The third-order valence-electron chi connectivity index (χ3n) is 7.10. The molecule has 188 valence electrons. The van der Waals surface area contributed by atoms with Gasteiger partial charge in [-0.2, -0.15) is 0 Å². The monoisotopic (exact) mass is 488 g/mol. The number of nitrogens with zero attached hydrogens (tertiary/aromatic N) is 1. The van der Waals surface area contributed by atoms with Crippen LogP contribution in [0, 0.1) is 5.92 Å². The SMILES string of the molecule is COCCNC(=O)C(CC(C)C)NC(=O)C1Cc2c([nH]c3ccccc23)C2c3ccccc3C(=O)N12. The van der Waals surface area contributed by atoms with E-state index in [1.807, 2.05) is 62.4 Å². The molecule has 3 N–H and O–H groups in total. The molecule has 0 bridgehead atoms. The molecule has 0 saturated heterocycles. The van der Waals surface area contributed by atoms with Crippen molar-refractivity contribution in [1.29, 1.82) is 0 Å². The third kappa shape index (κ3) is 4.15.